The van der Waals surface area contributed by atoms with Crippen molar-refractivity contribution in [1.29, 1.82) is 0 Å². The molecule has 1 aliphatic rings. The number of nitrogens with zero attached hydrogens (tertiary/aromatic N) is 2. The first-order valence-corrected chi connectivity index (χ1v) is 8.95. The zero-order valence-electron chi connectivity index (χ0n) is 14.7. The number of aromatic nitrogens is 3. The minimum atomic E-state index is -2.83. The van der Waals surface area contributed by atoms with Crippen LogP contribution in [0, 0.1) is 5.92 Å². The van der Waals surface area contributed by atoms with Gasteiger partial charge < -0.3 is 10.1 Å². The van der Waals surface area contributed by atoms with E-state index in [2.05, 4.69) is 37.4 Å². The van der Waals surface area contributed by atoms with Gasteiger partial charge in [-0.2, -0.15) is 13.9 Å². The van der Waals surface area contributed by atoms with Crippen LogP contribution < -0.4 is 10.1 Å². The van der Waals surface area contributed by atoms with Crippen molar-refractivity contribution < 1.29 is 13.5 Å². The van der Waals surface area contributed by atoms with Crippen molar-refractivity contribution in [2.45, 2.75) is 19.5 Å². The van der Waals surface area contributed by atoms with Gasteiger partial charge in [0, 0.05) is 11.1 Å². The molecule has 1 aliphatic heterocycles. The third-order valence-electron chi connectivity index (χ3n) is 4.71. The van der Waals surface area contributed by atoms with E-state index in [4.69, 9.17) is 0 Å². The summed E-state index contributed by atoms with van der Waals surface area (Å²) in [6, 6.07) is 14.6. The summed E-state index contributed by atoms with van der Waals surface area (Å²) < 4.78 is 28.8. The average Bonchev–Trinajstić information content (AvgIpc) is 3.34. The maximum Gasteiger partial charge on any atom is 0.387 e. The van der Waals surface area contributed by atoms with Crippen LogP contribution in [-0.4, -0.2) is 34.9 Å². The standard InChI is InChI=1S/C20H20F2N4O/c21-20(22)27-17-6-4-15(5-7-17)18-24-19(26-25-18)16-3-1-2-13(11-16)10-14-8-9-23-12-14/h1-7,11,14,20,23H,8-10,12H2,(H,24,25,26). The molecule has 2 aromatic carbocycles. The number of hydrogen-bond acceptors (Lipinski definition) is 4. The van der Waals surface area contributed by atoms with Gasteiger partial charge in [-0.05, 0) is 67.7 Å². The van der Waals surface area contributed by atoms with Crippen LogP contribution in [0.2, 0.25) is 0 Å². The molecule has 0 spiro atoms. The molecule has 0 radical (unpaired) electrons. The normalized spacial score (nSPS) is 16.8. The summed E-state index contributed by atoms with van der Waals surface area (Å²) in [6.07, 6.45) is 2.25. The van der Waals surface area contributed by atoms with Crippen LogP contribution in [0.4, 0.5) is 8.78 Å². The van der Waals surface area contributed by atoms with E-state index < -0.39 is 6.61 Å². The lowest BCUT2D eigenvalue weighted by molar-refractivity contribution is -0.0498. The Hall–Kier alpha value is -2.80. The van der Waals surface area contributed by atoms with E-state index in [0.29, 0.717) is 17.6 Å². The molecular weight excluding hydrogens is 350 g/mol. The van der Waals surface area contributed by atoms with Crippen molar-refractivity contribution in [3.63, 3.8) is 0 Å². The molecule has 1 unspecified atom stereocenters. The van der Waals surface area contributed by atoms with Crippen LogP contribution in [0.1, 0.15) is 12.0 Å². The molecule has 3 aromatic rings. The van der Waals surface area contributed by atoms with E-state index in [1.807, 2.05) is 12.1 Å². The number of nitrogens with one attached hydrogen (secondary N) is 2. The highest BCUT2D eigenvalue weighted by atomic mass is 19.3. The third kappa shape index (κ3) is 4.31. The fourth-order valence-electron chi connectivity index (χ4n) is 3.37. The third-order valence-corrected chi connectivity index (χ3v) is 4.71. The minimum absolute atomic E-state index is 0.114. The predicted molar refractivity (Wildman–Crippen MR) is 98.6 cm³/mol. The highest BCUT2D eigenvalue weighted by Crippen LogP contribution is 2.24. The zero-order valence-corrected chi connectivity index (χ0v) is 14.7. The molecule has 2 heterocycles. The van der Waals surface area contributed by atoms with Gasteiger partial charge in [-0.15, -0.1) is 0 Å². The quantitative estimate of drug-likeness (QED) is 0.691. The van der Waals surface area contributed by atoms with Crippen molar-refractivity contribution in [2.75, 3.05) is 13.1 Å². The van der Waals surface area contributed by atoms with Gasteiger partial charge in [0.25, 0.3) is 0 Å². The van der Waals surface area contributed by atoms with Crippen LogP contribution in [0.15, 0.2) is 48.5 Å². The van der Waals surface area contributed by atoms with Crippen LogP contribution in [0.5, 0.6) is 5.75 Å². The van der Waals surface area contributed by atoms with E-state index in [0.717, 1.165) is 30.6 Å². The number of ether oxygens (including phenoxy) is 1. The van der Waals surface area contributed by atoms with Gasteiger partial charge in [-0.25, -0.2) is 4.98 Å². The Labute approximate surface area is 155 Å². The maximum atomic E-state index is 12.2. The summed E-state index contributed by atoms with van der Waals surface area (Å²) in [6.45, 7) is -0.671. The molecule has 0 saturated carbocycles. The smallest absolute Gasteiger partial charge is 0.387 e. The molecule has 5 nitrogen and oxygen atoms in total. The first-order chi connectivity index (χ1) is 13.2. The fraction of sp³-hybridized carbons (Fsp3) is 0.300. The number of rotatable bonds is 6. The summed E-state index contributed by atoms with van der Waals surface area (Å²) in [7, 11) is 0. The van der Waals surface area contributed by atoms with Gasteiger partial charge in [0.15, 0.2) is 11.6 Å². The molecule has 1 saturated heterocycles. The van der Waals surface area contributed by atoms with E-state index in [-0.39, 0.29) is 5.75 Å². The Morgan fingerprint density at radius 1 is 1.11 bits per heavy atom. The van der Waals surface area contributed by atoms with E-state index in [9.17, 15) is 8.78 Å². The highest BCUT2D eigenvalue weighted by molar-refractivity contribution is 5.62. The second-order valence-electron chi connectivity index (χ2n) is 6.67. The summed E-state index contributed by atoms with van der Waals surface area (Å²) in [5.74, 6) is 1.99. The number of H-pyrrole nitrogens is 1. The maximum absolute atomic E-state index is 12.2. The summed E-state index contributed by atoms with van der Waals surface area (Å²) in [5, 5.41) is 10.6. The van der Waals surface area contributed by atoms with Gasteiger partial charge >= 0.3 is 6.61 Å². The first kappa shape index (κ1) is 17.6. The lowest BCUT2D eigenvalue weighted by atomic mass is 9.97. The highest BCUT2D eigenvalue weighted by Gasteiger charge is 2.15. The molecule has 27 heavy (non-hydrogen) atoms. The molecule has 0 aliphatic carbocycles. The molecule has 4 rings (SSSR count). The van der Waals surface area contributed by atoms with Crippen LogP contribution in [0.25, 0.3) is 22.8 Å². The van der Waals surface area contributed by atoms with Crippen LogP contribution in [-0.2, 0) is 6.42 Å². The van der Waals surface area contributed by atoms with E-state index in [1.54, 1.807) is 12.1 Å². The second kappa shape index (κ2) is 7.84. The predicted octanol–water partition coefficient (Wildman–Crippen LogP) is 3.89. The van der Waals surface area contributed by atoms with Gasteiger partial charge in [0.05, 0.1) is 0 Å². The average molecular weight is 370 g/mol. The summed E-state index contributed by atoms with van der Waals surface area (Å²) in [5.41, 5.74) is 2.99. The van der Waals surface area contributed by atoms with Crippen molar-refractivity contribution in [1.82, 2.24) is 20.5 Å². The topological polar surface area (TPSA) is 62.8 Å². The monoisotopic (exact) mass is 370 g/mol. The van der Waals surface area contributed by atoms with Gasteiger partial charge in [0.1, 0.15) is 5.75 Å². The first-order valence-electron chi connectivity index (χ1n) is 8.95. The molecule has 0 amide bonds. The Bertz CT molecular complexity index is 889. The minimum Gasteiger partial charge on any atom is -0.435 e. The molecule has 2 N–H and O–H groups in total. The number of benzene rings is 2. The van der Waals surface area contributed by atoms with Gasteiger partial charge in [-0.3, -0.25) is 5.10 Å². The van der Waals surface area contributed by atoms with Crippen LogP contribution in [0.3, 0.4) is 0 Å². The molecule has 0 bridgehead atoms. The van der Waals surface area contributed by atoms with Crippen molar-refractivity contribution in [2.24, 2.45) is 5.92 Å². The van der Waals surface area contributed by atoms with Crippen molar-refractivity contribution in [3.8, 4) is 28.5 Å². The zero-order chi connectivity index (χ0) is 18.6. The van der Waals surface area contributed by atoms with Crippen molar-refractivity contribution in [3.05, 3.63) is 54.1 Å². The summed E-state index contributed by atoms with van der Waals surface area (Å²) >= 11 is 0. The Balaban J connectivity index is 1.50. The van der Waals surface area contributed by atoms with Crippen LogP contribution >= 0.6 is 0 Å². The number of halogens is 2. The Kier molecular flexibility index (Phi) is 5.11. The Morgan fingerprint density at radius 2 is 1.96 bits per heavy atom. The number of hydrogen-bond donors (Lipinski definition) is 2. The lowest BCUT2D eigenvalue weighted by Crippen LogP contribution is -2.10. The number of alkyl halides is 2. The SMILES string of the molecule is FC(F)Oc1ccc(-c2nc(-c3cccc(CC4CCNC4)c3)n[nH]2)cc1. The van der Waals surface area contributed by atoms with Gasteiger partial charge in [0.2, 0.25) is 0 Å². The van der Waals surface area contributed by atoms with Gasteiger partial charge in [-0.1, -0.05) is 18.2 Å². The van der Waals surface area contributed by atoms with E-state index >= 15 is 0 Å². The molecule has 1 atom stereocenters. The largest absolute Gasteiger partial charge is 0.435 e. The molecular formula is C20H20F2N4O. The Morgan fingerprint density at radius 3 is 2.70 bits per heavy atom. The second-order valence-corrected chi connectivity index (χ2v) is 6.67. The molecule has 7 heteroatoms. The fourth-order valence-corrected chi connectivity index (χ4v) is 3.37. The molecule has 1 aromatic heterocycles. The molecule has 1 fully saturated rings. The van der Waals surface area contributed by atoms with E-state index in [1.165, 1.54) is 24.1 Å². The molecule has 140 valence electrons. The summed E-state index contributed by atoms with van der Waals surface area (Å²) in [4.78, 5) is 4.55. The lowest BCUT2D eigenvalue weighted by Gasteiger charge is -2.08. The van der Waals surface area contributed by atoms with Crippen molar-refractivity contribution >= 4 is 0 Å². The number of aromatic amines is 1.